The van der Waals surface area contributed by atoms with Crippen LogP contribution in [-0.4, -0.2) is 63.9 Å². The van der Waals surface area contributed by atoms with Gasteiger partial charge in [-0.2, -0.15) is 0 Å². The molecule has 1 aromatic rings. The molecule has 5 N–H and O–H groups in total. The number of rotatable bonds is 5. The summed E-state index contributed by atoms with van der Waals surface area (Å²) in [6.45, 7) is 0.173. The second-order valence-corrected chi connectivity index (χ2v) is 6.53. The van der Waals surface area contributed by atoms with Crippen LogP contribution in [0, 0.1) is 5.92 Å². The molecule has 2 aliphatic rings. The molecule has 0 aromatic heterocycles. The van der Waals surface area contributed by atoms with E-state index in [1.54, 1.807) is 24.3 Å². The average molecular weight is 337 g/mol. The Bertz CT molecular complexity index is 588. The molecule has 3 rings (SSSR count). The number of nitrogens with one attached hydrogen (secondary N) is 1. The third-order valence-corrected chi connectivity index (χ3v) is 4.62. The van der Waals surface area contributed by atoms with Crippen LogP contribution < -0.4 is 5.32 Å². The molecule has 5 atom stereocenters. The molecule has 1 aliphatic heterocycles. The fourth-order valence-corrected chi connectivity index (χ4v) is 2.90. The van der Waals surface area contributed by atoms with Crippen molar-refractivity contribution in [1.29, 1.82) is 0 Å². The number of aliphatic hydroxyl groups excluding tert-OH is 4. The van der Waals surface area contributed by atoms with Crippen molar-refractivity contribution in [2.75, 3.05) is 13.2 Å². The lowest BCUT2D eigenvalue weighted by molar-refractivity contribution is -0.231. The highest BCUT2D eigenvalue weighted by atomic mass is 16.5. The lowest BCUT2D eigenvalue weighted by Gasteiger charge is -2.40. The Morgan fingerprint density at radius 3 is 2.58 bits per heavy atom. The summed E-state index contributed by atoms with van der Waals surface area (Å²) in [5.74, 6) is 0.371. The number of carbonyl (C=O) groups is 1. The topological polar surface area (TPSA) is 119 Å². The largest absolute Gasteiger partial charge is 0.394 e. The van der Waals surface area contributed by atoms with Gasteiger partial charge >= 0.3 is 0 Å². The SMILES string of the molecule is O=C(NCC1CC1)c1cccc([C@H]2O[C@H](CO)[C@@H](O)[C@H](O)[C@H]2O)c1. The number of hydrogen-bond donors (Lipinski definition) is 5. The summed E-state index contributed by atoms with van der Waals surface area (Å²) in [6, 6.07) is 6.60. The second kappa shape index (κ2) is 7.16. The van der Waals surface area contributed by atoms with Gasteiger partial charge in [0, 0.05) is 12.1 Å². The number of carbonyl (C=O) groups excluding carboxylic acids is 1. The predicted octanol–water partition coefficient (Wildman–Crippen LogP) is -0.659. The fourth-order valence-electron chi connectivity index (χ4n) is 2.90. The quantitative estimate of drug-likeness (QED) is 0.487. The monoisotopic (exact) mass is 337 g/mol. The average Bonchev–Trinajstić information content (AvgIpc) is 3.42. The normalized spacial score (nSPS) is 33.2. The van der Waals surface area contributed by atoms with Crippen molar-refractivity contribution >= 4 is 5.91 Å². The predicted molar refractivity (Wildman–Crippen MR) is 84.2 cm³/mol. The standard InChI is InChI=1S/C17H23NO6/c19-8-12-13(20)14(21)15(22)16(24-12)10-2-1-3-11(6-10)17(23)18-7-9-4-5-9/h1-3,6,9,12-16,19-22H,4-5,7-8H2,(H,18,23)/t12-,13-,14+,15-,16-/m1/s1. The molecular weight excluding hydrogens is 314 g/mol. The van der Waals surface area contributed by atoms with E-state index in [1.165, 1.54) is 0 Å². The minimum Gasteiger partial charge on any atom is -0.394 e. The van der Waals surface area contributed by atoms with E-state index in [4.69, 9.17) is 4.74 Å². The maximum Gasteiger partial charge on any atom is 0.251 e. The zero-order valence-corrected chi connectivity index (χ0v) is 13.2. The van der Waals surface area contributed by atoms with Crippen molar-refractivity contribution in [2.24, 2.45) is 5.92 Å². The Balaban J connectivity index is 1.75. The van der Waals surface area contributed by atoms with Gasteiger partial charge in [0.1, 0.15) is 30.5 Å². The Morgan fingerprint density at radius 2 is 1.92 bits per heavy atom. The maximum absolute atomic E-state index is 12.2. The van der Waals surface area contributed by atoms with E-state index >= 15 is 0 Å². The molecule has 132 valence electrons. The van der Waals surface area contributed by atoms with Crippen LogP contribution in [0.1, 0.15) is 34.9 Å². The first-order chi connectivity index (χ1) is 11.5. The summed E-state index contributed by atoms with van der Waals surface area (Å²) in [4.78, 5) is 12.2. The van der Waals surface area contributed by atoms with Gasteiger partial charge in [0.05, 0.1) is 6.61 Å². The van der Waals surface area contributed by atoms with E-state index in [-0.39, 0.29) is 5.91 Å². The highest BCUT2D eigenvalue weighted by Crippen LogP contribution is 2.32. The Hall–Kier alpha value is -1.51. The zero-order chi connectivity index (χ0) is 17.3. The molecule has 2 fully saturated rings. The molecule has 1 saturated carbocycles. The van der Waals surface area contributed by atoms with Crippen molar-refractivity contribution in [3.8, 4) is 0 Å². The van der Waals surface area contributed by atoms with E-state index in [0.717, 1.165) is 12.8 Å². The number of hydrogen-bond acceptors (Lipinski definition) is 6. The molecule has 1 aliphatic carbocycles. The summed E-state index contributed by atoms with van der Waals surface area (Å²) >= 11 is 0. The molecule has 0 spiro atoms. The van der Waals surface area contributed by atoms with Crippen LogP contribution >= 0.6 is 0 Å². The van der Waals surface area contributed by atoms with E-state index in [9.17, 15) is 25.2 Å². The van der Waals surface area contributed by atoms with Crippen LogP contribution in [0.3, 0.4) is 0 Å². The van der Waals surface area contributed by atoms with Crippen LogP contribution in [-0.2, 0) is 4.74 Å². The molecule has 1 aromatic carbocycles. The number of amides is 1. The lowest BCUT2D eigenvalue weighted by atomic mass is 9.90. The van der Waals surface area contributed by atoms with Crippen molar-refractivity contribution < 1.29 is 30.0 Å². The molecule has 1 amide bonds. The molecule has 24 heavy (non-hydrogen) atoms. The molecule has 7 heteroatoms. The Labute approximate surface area is 139 Å². The first-order valence-electron chi connectivity index (χ1n) is 8.20. The van der Waals surface area contributed by atoms with E-state index in [0.29, 0.717) is 23.6 Å². The highest BCUT2D eigenvalue weighted by Gasteiger charge is 2.44. The zero-order valence-electron chi connectivity index (χ0n) is 13.2. The van der Waals surface area contributed by atoms with Gasteiger partial charge in [0.15, 0.2) is 0 Å². The van der Waals surface area contributed by atoms with Crippen LogP contribution in [0.5, 0.6) is 0 Å². The minimum atomic E-state index is -1.44. The van der Waals surface area contributed by atoms with Crippen molar-refractivity contribution in [2.45, 2.75) is 43.4 Å². The van der Waals surface area contributed by atoms with Crippen molar-refractivity contribution in [1.82, 2.24) is 5.32 Å². The molecule has 0 unspecified atom stereocenters. The van der Waals surface area contributed by atoms with Crippen LogP contribution in [0.25, 0.3) is 0 Å². The summed E-state index contributed by atoms with van der Waals surface area (Å²) in [6.07, 6.45) is -3.80. The van der Waals surface area contributed by atoms with Gasteiger partial charge < -0.3 is 30.5 Å². The maximum atomic E-state index is 12.2. The van der Waals surface area contributed by atoms with Gasteiger partial charge in [-0.25, -0.2) is 0 Å². The third-order valence-electron chi connectivity index (χ3n) is 4.62. The Kier molecular flexibility index (Phi) is 5.17. The molecule has 1 heterocycles. The molecule has 0 radical (unpaired) electrons. The summed E-state index contributed by atoms with van der Waals surface area (Å²) in [7, 11) is 0. The Morgan fingerprint density at radius 1 is 1.17 bits per heavy atom. The van der Waals surface area contributed by atoms with Gasteiger partial charge in [-0.1, -0.05) is 12.1 Å². The summed E-state index contributed by atoms with van der Waals surface area (Å²) in [5, 5.41) is 42.0. The van der Waals surface area contributed by atoms with Crippen LogP contribution in [0.2, 0.25) is 0 Å². The van der Waals surface area contributed by atoms with Gasteiger partial charge in [0.2, 0.25) is 0 Å². The molecular formula is C17H23NO6. The van der Waals surface area contributed by atoms with Gasteiger partial charge in [0.25, 0.3) is 5.91 Å². The molecule has 0 bridgehead atoms. The van der Waals surface area contributed by atoms with Crippen LogP contribution in [0.4, 0.5) is 0 Å². The van der Waals surface area contributed by atoms with Crippen molar-refractivity contribution in [3.05, 3.63) is 35.4 Å². The van der Waals surface area contributed by atoms with Gasteiger partial charge in [-0.3, -0.25) is 4.79 Å². The number of benzene rings is 1. The van der Waals surface area contributed by atoms with Gasteiger partial charge in [-0.15, -0.1) is 0 Å². The van der Waals surface area contributed by atoms with Crippen molar-refractivity contribution in [3.63, 3.8) is 0 Å². The van der Waals surface area contributed by atoms with Crippen LogP contribution in [0.15, 0.2) is 24.3 Å². The summed E-state index contributed by atoms with van der Waals surface area (Å²) in [5.41, 5.74) is 0.941. The molecule has 1 saturated heterocycles. The van der Waals surface area contributed by atoms with E-state index < -0.39 is 37.1 Å². The first kappa shape index (κ1) is 17.3. The lowest BCUT2D eigenvalue weighted by Crippen LogP contribution is -2.55. The van der Waals surface area contributed by atoms with Gasteiger partial charge in [-0.05, 0) is 36.5 Å². The van der Waals surface area contributed by atoms with E-state index in [2.05, 4.69) is 5.32 Å². The first-order valence-corrected chi connectivity index (χ1v) is 8.20. The third kappa shape index (κ3) is 3.60. The van der Waals surface area contributed by atoms with E-state index in [1.807, 2.05) is 0 Å². The second-order valence-electron chi connectivity index (χ2n) is 6.53. The minimum absolute atomic E-state index is 0.201. The molecule has 7 nitrogen and oxygen atoms in total. The summed E-state index contributed by atoms with van der Waals surface area (Å²) < 4.78 is 5.52. The number of aliphatic hydroxyl groups is 4. The fraction of sp³-hybridized carbons (Fsp3) is 0.588. The smallest absolute Gasteiger partial charge is 0.251 e. The highest BCUT2D eigenvalue weighted by molar-refractivity contribution is 5.94. The number of ether oxygens (including phenoxy) is 1.